The average molecular weight is 286 g/mol. The molecular formula is C15H21F3N2. The van der Waals surface area contributed by atoms with Gasteiger partial charge in [-0.1, -0.05) is 19.8 Å². The molecule has 2 unspecified atom stereocenters. The molecule has 0 aromatic heterocycles. The van der Waals surface area contributed by atoms with Crippen LogP contribution in [-0.4, -0.2) is 6.54 Å². The Kier molecular flexibility index (Phi) is 4.45. The van der Waals surface area contributed by atoms with Crippen LogP contribution in [0.15, 0.2) is 18.2 Å². The van der Waals surface area contributed by atoms with Crippen molar-refractivity contribution in [3.63, 3.8) is 0 Å². The van der Waals surface area contributed by atoms with E-state index in [1.807, 2.05) is 0 Å². The highest BCUT2D eigenvalue weighted by Gasteiger charge is 2.33. The van der Waals surface area contributed by atoms with E-state index in [9.17, 15) is 13.2 Å². The molecule has 1 saturated carbocycles. The first kappa shape index (κ1) is 15.0. The number of nitrogens with one attached hydrogen (secondary N) is 1. The minimum Gasteiger partial charge on any atom is -0.399 e. The molecule has 1 aliphatic rings. The van der Waals surface area contributed by atoms with Crippen LogP contribution >= 0.6 is 0 Å². The van der Waals surface area contributed by atoms with Crippen LogP contribution in [-0.2, 0) is 6.18 Å². The fraction of sp³-hybridized carbons (Fsp3) is 0.600. The van der Waals surface area contributed by atoms with Crippen LogP contribution in [0.25, 0.3) is 0 Å². The molecule has 0 saturated heterocycles. The van der Waals surface area contributed by atoms with E-state index in [4.69, 9.17) is 5.73 Å². The number of halogens is 3. The Balaban J connectivity index is 2.05. The first-order valence-corrected chi connectivity index (χ1v) is 7.07. The van der Waals surface area contributed by atoms with Gasteiger partial charge in [-0.15, -0.1) is 0 Å². The summed E-state index contributed by atoms with van der Waals surface area (Å²) in [6, 6.07) is 3.91. The number of rotatable bonds is 3. The van der Waals surface area contributed by atoms with Crippen molar-refractivity contribution in [1.29, 1.82) is 0 Å². The monoisotopic (exact) mass is 286 g/mol. The standard InChI is InChI=1S/C15H21F3N2/c1-10-3-2-4-11(7-10)9-20-14-6-5-12(19)8-13(14)15(16,17)18/h5-6,8,10-11,20H,2-4,7,9,19H2,1H3. The minimum absolute atomic E-state index is 0.130. The maximum absolute atomic E-state index is 13.0. The van der Waals surface area contributed by atoms with E-state index in [2.05, 4.69) is 12.2 Å². The van der Waals surface area contributed by atoms with Crippen LogP contribution in [0, 0.1) is 11.8 Å². The molecule has 1 aliphatic carbocycles. The maximum Gasteiger partial charge on any atom is 0.418 e. The largest absolute Gasteiger partial charge is 0.418 e. The van der Waals surface area contributed by atoms with E-state index < -0.39 is 11.7 Å². The lowest BCUT2D eigenvalue weighted by Crippen LogP contribution is -2.22. The Morgan fingerprint density at radius 1 is 1.30 bits per heavy atom. The molecule has 0 amide bonds. The molecule has 20 heavy (non-hydrogen) atoms. The third-order valence-electron chi connectivity index (χ3n) is 3.98. The van der Waals surface area contributed by atoms with Gasteiger partial charge in [0.05, 0.1) is 5.56 Å². The van der Waals surface area contributed by atoms with Crippen LogP contribution in [0.5, 0.6) is 0 Å². The molecule has 2 rings (SSSR count). The van der Waals surface area contributed by atoms with Crippen molar-refractivity contribution in [3.05, 3.63) is 23.8 Å². The van der Waals surface area contributed by atoms with Crippen LogP contribution < -0.4 is 11.1 Å². The molecule has 3 N–H and O–H groups in total. The summed E-state index contributed by atoms with van der Waals surface area (Å²) in [7, 11) is 0. The lowest BCUT2D eigenvalue weighted by Gasteiger charge is -2.27. The molecule has 0 aliphatic heterocycles. The summed E-state index contributed by atoms with van der Waals surface area (Å²) in [5, 5.41) is 2.96. The van der Waals surface area contributed by atoms with Gasteiger partial charge in [-0.3, -0.25) is 0 Å². The molecule has 2 atom stereocenters. The smallest absolute Gasteiger partial charge is 0.399 e. The van der Waals surface area contributed by atoms with Crippen molar-refractivity contribution < 1.29 is 13.2 Å². The van der Waals surface area contributed by atoms with Gasteiger partial charge in [0.25, 0.3) is 0 Å². The van der Waals surface area contributed by atoms with Crippen molar-refractivity contribution >= 4 is 11.4 Å². The van der Waals surface area contributed by atoms with Gasteiger partial charge in [0, 0.05) is 17.9 Å². The highest BCUT2D eigenvalue weighted by atomic mass is 19.4. The number of benzene rings is 1. The van der Waals surface area contributed by atoms with E-state index in [0.29, 0.717) is 18.4 Å². The first-order valence-electron chi connectivity index (χ1n) is 7.07. The lowest BCUT2D eigenvalue weighted by atomic mass is 9.82. The van der Waals surface area contributed by atoms with Gasteiger partial charge < -0.3 is 11.1 Å². The van der Waals surface area contributed by atoms with Crippen LogP contribution in [0.2, 0.25) is 0 Å². The van der Waals surface area contributed by atoms with Gasteiger partial charge in [0.15, 0.2) is 0 Å². The number of hydrogen-bond acceptors (Lipinski definition) is 2. The quantitative estimate of drug-likeness (QED) is 0.801. The normalized spacial score (nSPS) is 23.6. The van der Waals surface area contributed by atoms with E-state index in [1.165, 1.54) is 25.0 Å². The van der Waals surface area contributed by atoms with Gasteiger partial charge in [-0.25, -0.2) is 0 Å². The highest BCUT2D eigenvalue weighted by Crippen LogP contribution is 2.36. The Bertz CT molecular complexity index is 457. The molecular weight excluding hydrogens is 265 g/mol. The number of nitrogens with two attached hydrogens (primary N) is 1. The number of hydrogen-bond donors (Lipinski definition) is 2. The predicted octanol–water partition coefficient (Wildman–Crippen LogP) is 4.53. The van der Waals surface area contributed by atoms with Crippen molar-refractivity contribution in [2.75, 3.05) is 17.6 Å². The van der Waals surface area contributed by atoms with Crippen LogP contribution in [0.3, 0.4) is 0 Å². The lowest BCUT2D eigenvalue weighted by molar-refractivity contribution is -0.136. The zero-order valence-electron chi connectivity index (χ0n) is 11.6. The van der Waals surface area contributed by atoms with Gasteiger partial charge in [0.1, 0.15) is 0 Å². The first-order chi connectivity index (χ1) is 9.36. The number of nitrogen functional groups attached to an aromatic ring is 1. The summed E-state index contributed by atoms with van der Waals surface area (Å²) in [6.45, 7) is 2.80. The van der Waals surface area contributed by atoms with Gasteiger partial charge in [-0.2, -0.15) is 13.2 Å². The second kappa shape index (κ2) is 5.94. The van der Waals surface area contributed by atoms with Crippen LogP contribution in [0.1, 0.15) is 38.2 Å². The Morgan fingerprint density at radius 3 is 2.70 bits per heavy atom. The second-order valence-corrected chi connectivity index (χ2v) is 5.82. The van der Waals surface area contributed by atoms with Gasteiger partial charge >= 0.3 is 6.18 Å². The summed E-state index contributed by atoms with van der Waals surface area (Å²) >= 11 is 0. The van der Waals surface area contributed by atoms with Gasteiger partial charge in [0.2, 0.25) is 0 Å². The second-order valence-electron chi connectivity index (χ2n) is 5.82. The SMILES string of the molecule is CC1CCCC(CNc2ccc(N)cc2C(F)(F)F)C1. The Morgan fingerprint density at radius 2 is 2.05 bits per heavy atom. The fourth-order valence-electron chi connectivity index (χ4n) is 2.95. The molecule has 2 nitrogen and oxygen atoms in total. The van der Waals surface area contributed by atoms with E-state index >= 15 is 0 Å². The van der Waals surface area contributed by atoms with Crippen molar-refractivity contribution in [3.8, 4) is 0 Å². The van der Waals surface area contributed by atoms with Crippen molar-refractivity contribution in [2.24, 2.45) is 11.8 Å². The summed E-state index contributed by atoms with van der Waals surface area (Å²) < 4.78 is 38.9. The fourth-order valence-corrected chi connectivity index (χ4v) is 2.95. The van der Waals surface area contributed by atoms with E-state index in [0.717, 1.165) is 18.9 Å². The zero-order chi connectivity index (χ0) is 14.8. The third-order valence-corrected chi connectivity index (χ3v) is 3.98. The van der Waals surface area contributed by atoms with Crippen LogP contribution in [0.4, 0.5) is 24.5 Å². The van der Waals surface area contributed by atoms with Crippen molar-refractivity contribution in [1.82, 2.24) is 0 Å². The molecule has 0 spiro atoms. The third kappa shape index (κ3) is 3.81. The van der Waals surface area contributed by atoms with E-state index in [-0.39, 0.29) is 11.4 Å². The van der Waals surface area contributed by atoms with E-state index in [1.54, 1.807) is 0 Å². The minimum atomic E-state index is -4.38. The highest BCUT2D eigenvalue weighted by molar-refractivity contribution is 5.59. The summed E-state index contributed by atoms with van der Waals surface area (Å²) in [4.78, 5) is 0. The summed E-state index contributed by atoms with van der Waals surface area (Å²) in [6.07, 6.45) is 0.197. The van der Waals surface area contributed by atoms with Gasteiger partial charge in [-0.05, 0) is 42.9 Å². The topological polar surface area (TPSA) is 38.0 Å². The molecule has 0 heterocycles. The summed E-state index contributed by atoms with van der Waals surface area (Å²) in [5.74, 6) is 1.13. The zero-order valence-corrected chi connectivity index (χ0v) is 11.6. The Labute approximate surface area is 117 Å². The molecule has 1 aromatic carbocycles. The molecule has 112 valence electrons. The summed E-state index contributed by atoms with van der Waals surface area (Å²) in [5.41, 5.74) is 5.04. The maximum atomic E-state index is 13.0. The molecule has 0 bridgehead atoms. The number of alkyl halides is 3. The average Bonchev–Trinajstić information content (AvgIpc) is 2.36. The molecule has 1 fully saturated rings. The Hall–Kier alpha value is -1.39. The predicted molar refractivity (Wildman–Crippen MR) is 75.5 cm³/mol. The van der Waals surface area contributed by atoms with Crippen molar-refractivity contribution in [2.45, 2.75) is 38.8 Å². The number of anilines is 2. The molecule has 5 heteroatoms. The molecule has 0 radical (unpaired) electrons. The molecule has 1 aromatic rings.